The molecule has 3 rings (SSSR count). The van der Waals surface area contributed by atoms with Gasteiger partial charge in [0.15, 0.2) is 0 Å². The molecule has 6 heteroatoms. The van der Waals surface area contributed by atoms with E-state index in [1.165, 1.54) is 22.5 Å². The monoisotopic (exact) mass is 357 g/mol. The Labute approximate surface area is 124 Å². The predicted molar refractivity (Wildman–Crippen MR) is 80.1 cm³/mol. The number of benzene rings is 1. The van der Waals surface area contributed by atoms with Gasteiger partial charge in [0.05, 0.1) is 0 Å². The molecule has 0 saturated heterocycles. The second-order valence-electron chi connectivity index (χ2n) is 4.51. The van der Waals surface area contributed by atoms with E-state index in [2.05, 4.69) is 32.8 Å². The fourth-order valence-corrected chi connectivity index (χ4v) is 5.75. The van der Waals surface area contributed by atoms with Crippen LogP contribution in [0.15, 0.2) is 44.4 Å². The predicted octanol–water partition coefficient (Wildman–Crippen LogP) is 3.13. The highest BCUT2D eigenvalue weighted by atomic mass is 79.9. The summed E-state index contributed by atoms with van der Waals surface area (Å²) in [7, 11) is -3.40. The summed E-state index contributed by atoms with van der Waals surface area (Å²) in [5.74, 6) is 0.296. The van der Waals surface area contributed by atoms with E-state index in [4.69, 9.17) is 0 Å². The molecule has 1 heterocycles. The summed E-state index contributed by atoms with van der Waals surface area (Å²) in [6.07, 6.45) is 0.949. The molecule has 1 unspecified atom stereocenters. The molecule has 0 amide bonds. The van der Waals surface area contributed by atoms with Crippen LogP contribution < -0.4 is 4.72 Å². The van der Waals surface area contributed by atoms with Crippen LogP contribution in [0.5, 0.6) is 0 Å². The molecule has 100 valence electrons. The number of fused-ring (bicyclic) bond motifs is 1. The molecule has 0 bridgehead atoms. The van der Waals surface area contributed by atoms with Crippen molar-refractivity contribution in [2.75, 3.05) is 6.54 Å². The first-order valence-electron chi connectivity index (χ1n) is 5.88. The third-order valence-corrected chi connectivity index (χ3v) is 7.40. The molecule has 1 aliphatic carbocycles. The summed E-state index contributed by atoms with van der Waals surface area (Å²) in [5.41, 5.74) is 2.58. The largest absolute Gasteiger partial charge is 0.251 e. The molecular weight excluding hydrogens is 346 g/mol. The first-order valence-corrected chi connectivity index (χ1v) is 9.04. The SMILES string of the molecule is O=S(=O)(NCC1Cc2ccccc21)c1sccc1Br. The van der Waals surface area contributed by atoms with Gasteiger partial charge in [0.25, 0.3) is 10.0 Å². The number of hydrogen-bond acceptors (Lipinski definition) is 3. The van der Waals surface area contributed by atoms with Crippen LogP contribution in [0.1, 0.15) is 17.0 Å². The maximum atomic E-state index is 12.1. The van der Waals surface area contributed by atoms with Crippen LogP contribution in [0, 0.1) is 0 Å². The number of nitrogens with one attached hydrogen (secondary N) is 1. The molecule has 1 aromatic heterocycles. The molecule has 0 radical (unpaired) electrons. The van der Waals surface area contributed by atoms with Gasteiger partial charge in [-0.3, -0.25) is 0 Å². The van der Waals surface area contributed by atoms with Gasteiger partial charge in [0.2, 0.25) is 0 Å². The van der Waals surface area contributed by atoms with E-state index in [0.717, 1.165) is 6.42 Å². The zero-order valence-electron chi connectivity index (χ0n) is 9.97. The summed E-state index contributed by atoms with van der Waals surface area (Å²) in [6, 6.07) is 9.92. The highest BCUT2D eigenvalue weighted by Gasteiger charge is 2.27. The molecule has 0 aliphatic heterocycles. The van der Waals surface area contributed by atoms with E-state index in [9.17, 15) is 8.42 Å². The number of sulfonamides is 1. The van der Waals surface area contributed by atoms with Crippen LogP contribution in [0.2, 0.25) is 0 Å². The highest BCUT2D eigenvalue weighted by Crippen LogP contribution is 2.35. The fourth-order valence-electron chi connectivity index (χ4n) is 2.29. The summed E-state index contributed by atoms with van der Waals surface area (Å²) < 4.78 is 27.9. The lowest BCUT2D eigenvalue weighted by molar-refractivity contribution is 0.553. The van der Waals surface area contributed by atoms with Crippen molar-refractivity contribution < 1.29 is 8.42 Å². The lowest BCUT2D eigenvalue weighted by atomic mass is 9.78. The van der Waals surface area contributed by atoms with Crippen molar-refractivity contribution in [1.82, 2.24) is 4.72 Å². The molecule has 2 aromatic rings. The van der Waals surface area contributed by atoms with Gasteiger partial charge >= 0.3 is 0 Å². The minimum Gasteiger partial charge on any atom is -0.210 e. The molecule has 1 aromatic carbocycles. The summed E-state index contributed by atoms with van der Waals surface area (Å²) in [5, 5.41) is 1.76. The van der Waals surface area contributed by atoms with Crippen molar-refractivity contribution >= 4 is 37.3 Å². The Hall–Kier alpha value is -0.690. The third-order valence-electron chi connectivity index (χ3n) is 3.31. The van der Waals surface area contributed by atoms with E-state index < -0.39 is 10.0 Å². The van der Waals surface area contributed by atoms with Crippen molar-refractivity contribution in [3.05, 3.63) is 51.3 Å². The van der Waals surface area contributed by atoms with E-state index in [1.807, 2.05) is 12.1 Å². The Morgan fingerprint density at radius 3 is 2.79 bits per heavy atom. The van der Waals surface area contributed by atoms with Crippen LogP contribution in [-0.4, -0.2) is 15.0 Å². The van der Waals surface area contributed by atoms with Crippen molar-refractivity contribution in [3.63, 3.8) is 0 Å². The first-order chi connectivity index (χ1) is 9.08. The summed E-state index contributed by atoms with van der Waals surface area (Å²) >= 11 is 4.48. The fraction of sp³-hybridized carbons (Fsp3) is 0.231. The highest BCUT2D eigenvalue weighted by molar-refractivity contribution is 9.10. The maximum Gasteiger partial charge on any atom is 0.251 e. The number of thiophene rings is 1. The molecule has 1 N–H and O–H groups in total. The average molecular weight is 358 g/mol. The van der Waals surface area contributed by atoms with Crippen LogP contribution in [0.25, 0.3) is 0 Å². The van der Waals surface area contributed by atoms with Crippen molar-refractivity contribution in [1.29, 1.82) is 0 Å². The van der Waals surface area contributed by atoms with Gasteiger partial charge in [0.1, 0.15) is 4.21 Å². The van der Waals surface area contributed by atoms with Gasteiger partial charge in [-0.05, 0) is 44.9 Å². The number of hydrogen-bond donors (Lipinski definition) is 1. The minimum absolute atomic E-state index is 0.296. The van der Waals surface area contributed by atoms with Crippen molar-refractivity contribution in [3.8, 4) is 0 Å². The normalized spacial score (nSPS) is 17.8. The van der Waals surface area contributed by atoms with Gasteiger partial charge in [0, 0.05) is 16.9 Å². The first kappa shape index (κ1) is 13.3. The average Bonchev–Trinajstić information content (AvgIpc) is 2.77. The summed E-state index contributed by atoms with van der Waals surface area (Å²) in [6.45, 7) is 0.462. The molecule has 1 atom stereocenters. The molecule has 3 nitrogen and oxygen atoms in total. The quantitative estimate of drug-likeness (QED) is 0.913. The molecule has 19 heavy (non-hydrogen) atoms. The Balaban J connectivity index is 1.70. The van der Waals surface area contributed by atoms with Crippen LogP contribution in [0.3, 0.4) is 0 Å². The summed E-state index contributed by atoms with van der Waals surface area (Å²) in [4.78, 5) is 0. The Morgan fingerprint density at radius 1 is 1.32 bits per heavy atom. The van der Waals surface area contributed by atoms with E-state index in [0.29, 0.717) is 21.1 Å². The zero-order valence-corrected chi connectivity index (χ0v) is 13.2. The van der Waals surface area contributed by atoms with Gasteiger partial charge < -0.3 is 0 Å². The Morgan fingerprint density at radius 2 is 2.11 bits per heavy atom. The Kier molecular flexibility index (Phi) is 3.51. The molecule has 0 fully saturated rings. The van der Waals surface area contributed by atoms with E-state index in [1.54, 1.807) is 11.4 Å². The lowest BCUT2D eigenvalue weighted by Crippen LogP contribution is -2.32. The van der Waals surface area contributed by atoms with Gasteiger partial charge in [-0.25, -0.2) is 13.1 Å². The maximum absolute atomic E-state index is 12.1. The Bertz CT molecular complexity index is 709. The second kappa shape index (κ2) is 5.01. The second-order valence-corrected chi connectivity index (χ2v) is 8.24. The van der Waals surface area contributed by atoms with E-state index >= 15 is 0 Å². The van der Waals surface area contributed by atoms with E-state index in [-0.39, 0.29) is 0 Å². The molecule has 1 aliphatic rings. The number of halogens is 1. The van der Waals surface area contributed by atoms with Gasteiger partial charge in [-0.1, -0.05) is 24.3 Å². The lowest BCUT2D eigenvalue weighted by Gasteiger charge is -2.30. The topological polar surface area (TPSA) is 46.2 Å². The third kappa shape index (κ3) is 2.50. The minimum atomic E-state index is -3.40. The molecule has 0 saturated carbocycles. The molecular formula is C13H12BrNO2S2. The molecule has 0 spiro atoms. The standard InChI is InChI=1S/C13H12BrNO2S2/c14-12-5-6-18-13(12)19(16,17)15-8-10-7-9-3-1-2-4-11(9)10/h1-6,10,15H,7-8H2. The van der Waals surface area contributed by atoms with Crippen LogP contribution >= 0.6 is 27.3 Å². The van der Waals surface area contributed by atoms with Crippen molar-refractivity contribution in [2.45, 2.75) is 16.5 Å². The van der Waals surface area contributed by atoms with Gasteiger partial charge in [-0.2, -0.15) is 0 Å². The van der Waals surface area contributed by atoms with Gasteiger partial charge in [-0.15, -0.1) is 11.3 Å². The zero-order chi connectivity index (χ0) is 13.5. The smallest absolute Gasteiger partial charge is 0.210 e. The van der Waals surface area contributed by atoms with Crippen LogP contribution in [0.4, 0.5) is 0 Å². The van der Waals surface area contributed by atoms with Crippen molar-refractivity contribution in [2.24, 2.45) is 0 Å². The van der Waals surface area contributed by atoms with Crippen LogP contribution in [-0.2, 0) is 16.4 Å². The number of rotatable bonds is 4.